The summed E-state index contributed by atoms with van der Waals surface area (Å²) >= 11 is 0. The summed E-state index contributed by atoms with van der Waals surface area (Å²) in [6.07, 6.45) is 12.5. The Morgan fingerprint density at radius 3 is 2.16 bits per heavy atom. The number of para-hydroxylation sites is 1. The number of fused-ring (bicyclic) bond motifs is 3. The molecule has 3 aromatic rings. The molecule has 2 aliphatic rings. The number of benzene rings is 3. The van der Waals surface area contributed by atoms with Gasteiger partial charge in [0.25, 0.3) is 0 Å². The molecule has 0 radical (unpaired) electrons. The Balaban J connectivity index is 0.000000373. The summed E-state index contributed by atoms with van der Waals surface area (Å²) in [5.41, 5.74) is 4.67. The fraction of sp³-hybridized carbons (Fsp3) is 0.103. The van der Waals surface area contributed by atoms with E-state index >= 15 is 0 Å². The van der Waals surface area contributed by atoms with E-state index in [-0.39, 0.29) is 37.8 Å². The third-order valence-corrected chi connectivity index (χ3v) is 5.53. The zero-order valence-electron chi connectivity index (χ0n) is 20.6. The quantitative estimate of drug-likeness (QED) is 0.246. The molecule has 4 N–H and O–H groups in total. The molecule has 200 valence electrons. The molecule has 3 aromatic carbocycles. The summed E-state index contributed by atoms with van der Waals surface area (Å²) in [6, 6.07) is 23.1. The second-order valence-electron chi connectivity index (χ2n) is 8.11. The number of hydrogen-bond acceptors (Lipinski definition) is 6. The standard InChI is InChI=1S/C17H17NO3.C12H10N2.2H2O.Pd/c1-12-7-9-14(10-8-12)16(19)18-15(17(20)21)11-13-5-3-2-4-6-13;1-2-6-12-11(5-1)7-10-13-8-3-4-9-14(12)13;;;/h2-10,15H,11H2,1H3,(H,18,19)(H,20,21);1-10H;2*1H2;/q;;;;+2/p-2. The second-order valence-corrected chi connectivity index (χ2v) is 8.11. The smallest absolute Gasteiger partial charge is 0.858 e. The van der Waals surface area contributed by atoms with E-state index in [9.17, 15) is 15.0 Å². The number of nitrogens with zero attached hydrogens (tertiary/aromatic N) is 3. The Hall–Kier alpha value is -4.00. The van der Waals surface area contributed by atoms with Crippen molar-refractivity contribution in [2.24, 2.45) is 4.99 Å². The molecule has 0 aromatic heterocycles. The van der Waals surface area contributed by atoms with Crippen molar-refractivity contribution in [3.8, 4) is 0 Å². The number of carboxylic acid groups (broad SMARTS) is 1. The van der Waals surface area contributed by atoms with Crippen LogP contribution in [0.15, 0.2) is 115 Å². The number of aliphatic carboxylic acids is 1. The third-order valence-electron chi connectivity index (χ3n) is 5.53. The van der Waals surface area contributed by atoms with Crippen molar-refractivity contribution in [3.05, 3.63) is 132 Å². The summed E-state index contributed by atoms with van der Waals surface area (Å²) in [6.45, 7) is 1.91. The van der Waals surface area contributed by atoms with E-state index in [1.807, 2.05) is 43.5 Å². The van der Waals surface area contributed by atoms with E-state index in [4.69, 9.17) is 0 Å². The summed E-state index contributed by atoms with van der Waals surface area (Å²) in [5, 5.41) is 27.3. The van der Waals surface area contributed by atoms with Crippen molar-refractivity contribution in [2.45, 2.75) is 19.4 Å². The molecule has 0 bridgehead atoms. The zero-order valence-corrected chi connectivity index (χ0v) is 22.2. The van der Waals surface area contributed by atoms with Gasteiger partial charge in [0.2, 0.25) is 0 Å². The van der Waals surface area contributed by atoms with Gasteiger partial charge in [-0.1, -0.05) is 78.4 Å². The van der Waals surface area contributed by atoms with Gasteiger partial charge in [0.15, 0.2) is 0 Å². The average molecular weight is 606 g/mol. The first-order valence-corrected chi connectivity index (χ1v) is 11.3. The van der Waals surface area contributed by atoms with Gasteiger partial charge in [-0.25, -0.2) is 0 Å². The van der Waals surface area contributed by atoms with E-state index in [1.165, 1.54) is 11.3 Å². The molecule has 9 heteroatoms. The van der Waals surface area contributed by atoms with Gasteiger partial charge in [0.05, 0.1) is 17.7 Å². The Morgan fingerprint density at radius 2 is 1.47 bits per heavy atom. The van der Waals surface area contributed by atoms with Crippen molar-refractivity contribution in [1.29, 1.82) is 0 Å². The largest absolute Gasteiger partial charge is 2.00 e. The maximum absolute atomic E-state index is 12.0. The van der Waals surface area contributed by atoms with Crippen molar-refractivity contribution in [3.63, 3.8) is 0 Å². The van der Waals surface area contributed by atoms with E-state index in [0.717, 1.165) is 11.1 Å². The van der Waals surface area contributed by atoms with E-state index in [2.05, 4.69) is 57.8 Å². The van der Waals surface area contributed by atoms with Crippen LogP contribution in [0.4, 0.5) is 5.69 Å². The number of hydrazine groups is 1. The van der Waals surface area contributed by atoms with Crippen LogP contribution in [0, 0.1) is 6.92 Å². The topological polar surface area (TPSA) is 145 Å². The summed E-state index contributed by atoms with van der Waals surface area (Å²) < 4.78 is 0. The fourth-order valence-corrected chi connectivity index (χ4v) is 3.67. The van der Waals surface area contributed by atoms with Gasteiger partial charge in [-0.05, 0) is 48.2 Å². The number of anilines is 1. The molecule has 0 saturated heterocycles. The first-order valence-electron chi connectivity index (χ1n) is 11.3. The van der Waals surface area contributed by atoms with Crippen LogP contribution in [-0.4, -0.2) is 33.9 Å². The van der Waals surface area contributed by atoms with Crippen LogP contribution in [-0.2, 0) is 31.6 Å². The van der Waals surface area contributed by atoms with Gasteiger partial charge < -0.3 is 26.0 Å². The van der Waals surface area contributed by atoms with Gasteiger partial charge in [0.1, 0.15) is 0 Å². The van der Waals surface area contributed by atoms with Crippen LogP contribution in [0.25, 0.3) is 6.08 Å². The van der Waals surface area contributed by atoms with Crippen LogP contribution >= 0.6 is 0 Å². The molecular weight excluding hydrogens is 577 g/mol. The number of aliphatic imine (C=N–C) groups is 1. The minimum Gasteiger partial charge on any atom is -0.858 e. The van der Waals surface area contributed by atoms with Gasteiger partial charge in [-0.15, -0.1) is 0 Å². The molecule has 2 aliphatic heterocycles. The Bertz CT molecular complexity index is 1290. The summed E-state index contributed by atoms with van der Waals surface area (Å²) in [7, 11) is 0. The predicted octanol–water partition coefficient (Wildman–Crippen LogP) is 1.55. The number of carbonyl (C=O) groups is 1. The van der Waals surface area contributed by atoms with Crippen LogP contribution in [0.2, 0.25) is 0 Å². The molecule has 1 unspecified atom stereocenters. The van der Waals surface area contributed by atoms with E-state index in [0.29, 0.717) is 5.56 Å². The zero-order chi connectivity index (χ0) is 24.6. The second kappa shape index (κ2) is 15.3. The molecule has 0 amide bonds. The van der Waals surface area contributed by atoms with E-state index < -0.39 is 17.9 Å². The molecule has 0 saturated carbocycles. The minimum atomic E-state index is -1.35. The molecule has 0 fully saturated rings. The third kappa shape index (κ3) is 8.27. The molecular formula is C29H29N3O5Pd. The Labute approximate surface area is 235 Å². The number of allylic oxidation sites excluding steroid dienone is 2. The average Bonchev–Trinajstić information content (AvgIpc) is 2.89. The number of rotatable bonds is 5. The van der Waals surface area contributed by atoms with Crippen LogP contribution in [0.1, 0.15) is 22.3 Å². The molecule has 2 heterocycles. The number of aryl methyl sites for hydroxylation is 1. The first-order chi connectivity index (χ1) is 17.0. The number of carboxylic acids is 1. The number of carbonyl (C=O) groups excluding carboxylic acids is 1. The van der Waals surface area contributed by atoms with Crippen molar-refractivity contribution < 1.29 is 46.4 Å². The maximum Gasteiger partial charge on any atom is 2.00 e. The number of hydrogen-bond donors (Lipinski definition) is 0. The van der Waals surface area contributed by atoms with Crippen molar-refractivity contribution in [2.75, 3.05) is 5.01 Å². The minimum absolute atomic E-state index is 0. The van der Waals surface area contributed by atoms with Gasteiger partial charge in [0, 0.05) is 30.6 Å². The van der Waals surface area contributed by atoms with Gasteiger partial charge >= 0.3 is 20.4 Å². The van der Waals surface area contributed by atoms with Crippen LogP contribution in [0.3, 0.4) is 0 Å². The van der Waals surface area contributed by atoms with Gasteiger partial charge in [-0.3, -0.25) is 15.0 Å². The molecule has 8 nitrogen and oxygen atoms in total. The van der Waals surface area contributed by atoms with Crippen molar-refractivity contribution in [1.82, 2.24) is 5.01 Å². The molecule has 38 heavy (non-hydrogen) atoms. The molecule has 0 spiro atoms. The monoisotopic (exact) mass is 605 g/mol. The first kappa shape index (κ1) is 32.0. The fourth-order valence-electron chi connectivity index (χ4n) is 3.67. The molecule has 5 rings (SSSR count). The van der Waals surface area contributed by atoms with E-state index in [1.54, 1.807) is 36.4 Å². The predicted molar refractivity (Wildman–Crippen MR) is 142 cm³/mol. The molecule has 1 atom stereocenters. The maximum atomic E-state index is 12.0. The van der Waals surface area contributed by atoms with Gasteiger partial charge in [-0.2, -0.15) is 0 Å². The molecule has 0 aliphatic carbocycles. The normalized spacial score (nSPS) is 13.3. The summed E-state index contributed by atoms with van der Waals surface area (Å²) in [4.78, 5) is 14.9. The van der Waals surface area contributed by atoms with Crippen molar-refractivity contribution >= 4 is 23.6 Å². The van der Waals surface area contributed by atoms with Crippen LogP contribution in [0.5, 0.6) is 0 Å². The SMILES string of the molecule is C1=CN2C=Cc3ccccc3N2C=C1.Cc1ccc(C([O-])=NC(Cc2ccccc2)C(=O)[O-])cc1.O.O.[Pd+2]. The Kier molecular flexibility index (Phi) is 12.9. The summed E-state index contributed by atoms with van der Waals surface area (Å²) in [5.74, 6) is -1.89. The van der Waals surface area contributed by atoms with Crippen LogP contribution < -0.4 is 15.2 Å². The Morgan fingerprint density at radius 1 is 0.842 bits per heavy atom.